The molecule has 3 heteroatoms. The molecule has 0 radical (unpaired) electrons. The van der Waals surface area contributed by atoms with Crippen LogP contribution in [0.25, 0.3) is 0 Å². The Balaban J connectivity index is 0. The van der Waals surface area contributed by atoms with Crippen LogP contribution in [0.15, 0.2) is 0 Å². The van der Waals surface area contributed by atoms with Crippen molar-refractivity contribution >= 4 is 0 Å². The first-order chi connectivity index (χ1) is 3.50. The van der Waals surface area contributed by atoms with E-state index >= 15 is 0 Å². The number of aliphatic hydroxyl groups excluding tert-OH is 1. The molecule has 52 valence electrons. The Bertz CT molecular complexity index is 22.0. The van der Waals surface area contributed by atoms with Crippen LogP contribution in [0.1, 0.15) is 12.8 Å². The number of ether oxygens (including phenoxy) is 1. The van der Waals surface area contributed by atoms with Gasteiger partial charge in [-0.2, -0.15) is 0 Å². The molecule has 0 aliphatic carbocycles. The molecule has 0 bridgehead atoms. The molecule has 0 aromatic heterocycles. The third kappa shape index (κ3) is 5.88. The third-order valence-electron chi connectivity index (χ3n) is 0.827. The largest absolute Gasteiger partial charge is 0.400 e. The fourth-order valence-electron chi connectivity index (χ4n) is 0.510. The summed E-state index contributed by atoms with van der Waals surface area (Å²) in [5, 5.41) is 7.00. The summed E-state index contributed by atoms with van der Waals surface area (Å²) in [6.07, 6.45) is 2.56. The second-order valence-electron chi connectivity index (χ2n) is 1.32. The maximum atomic E-state index is 7.00. The van der Waals surface area contributed by atoms with E-state index in [1.807, 2.05) is 0 Å². The molecule has 0 atom stereocenters. The summed E-state index contributed by atoms with van der Waals surface area (Å²) in [5.74, 6) is 0. The van der Waals surface area contributed by atoms with Crippen molar-refractivity contribution in [2.45, 2.75) is 12.8 Å². The molecular weight excluding hydrogens is 106 g/mol. The Hall–Kier alpha value is -0.120. The minimum absolute atomic E-state index is 0. The van der Waals surface area contributed by atoms with E-state index in [-0.39, 0.29) is 6.15 Å². The van der Waals surface area contributed by atoms with Crippen LogP contribution in [0.4, 0.5) is 0 Å². The summed E-state index contributed by atoms with van der Waals surface area (Å²) >= 11 is 0. The molecule has 0 amide bonds. The molecule has 0 aromatic carbocycles. The third-order valence-corrected chi connectivity index (χ3v) is 0.827. The van der Waals surface area contributed by atoms with Gasteiger partial charge in [0.25, 0.3) is 0 Å². The first kappa shape index (κ1) is 10.8. The molecule has 1 saturated heterocycles. The van der Waals surface area contributed by atoms with E-state index in [0.717, 1.165) is 20.3 Å². The summed E-state index contributed by atoms with van der Waals surface area (Å²) in [6, 6.07) is 0. The highest BCUT2D eigenvalue weighted by atomic mass is 16.5. The Labute approximate surface area is 50.2 Å². The highest BCUT2D eigenvalue weighted by molar-refractivity contribution is 4.43. The van der Waals surface area contributed by atoms with Crippen LogP contribution in [-0.4, -0.2) is 25.4 Å². The highest BCUT2D eigenvalue weighted by Crippen LogP contribution is 1.98. The lowest BCUT2D eigenvalue weighted by molar-refractivity contribution is 0.198. The van der Waals surface area contributed by atoms with Gasteiger partial charge in [0.2, 0.25) is 0 Å². The van der Waals surface area contributed by atoms with Crippen LogP contribution in [0.5, 0.6) is 0 Å². The lowest BCUT2D eigenvalue weighted by Crippen LogP contribution is -1.74. The Kier molecular flexibility index (Phi) is 13.5. The summed E-state index contributed by atoms with van der Waals surface area (Å²) in [7, 11) is 1.00. The number of rotatable bonds is 0. The van der Waals surface area contributed by atoms with E-state index in [0.29, 0.717) is 0 Å². The lowest BCUT2D eigenvalue weighted by Gasteiger charge is -1.76. The predicted molar refractivity (Wildman–Crippen MR) is 33.2 cm³/mol. The Morgan fingerprint density at radius 2 is 1.50 bits per heavy atom. The molecule has 1 aliphatic rings. The molecule has 3 nitrogen and oxygen atoms in total. The summed E-state index contributed by atoms with van der Waals surface area (Å²) in [6.45, 7) is 2.00. The van der Waals surface area contributed by atoms with Crippen molar-refractivity contribution in [1.82, 2.24) is 6.15 Å². The van der Waals surface area contributed by atoms with E-state index in [1.165, 1.54) is 12.8 Å². The molecule has 0 spiro atoms. The van der Waals surface area contributed by atoms with Crippen molar-refractivity contribution in [3.8, 4) is 0 Å². The fraction of sp³-hybridized carbons (Fsp3) is 1.00. The van der Waals surface area contributed by atoms with E-state index in [9.17, 15) is 0 Å². The average Bonchev–Trinajstić information content (AvgIpc) is 2.23. The normalized spacial score (nSPS) is 15.8. The molecule has 4 N–H and O–H groups in total. The number of hydrogen-bond acceptors (Lipinski definition) is 3. The highest BCUT2D eigenvalue weighted by Gasteiger charge is 1.94. The van der Waals surface area contributed by atoms with E-state index in [1.54, 1.807) is 0 Å². The predicted octanol–water partition coefficient (Wildman–Crippen LogP) is 0.567. The van der Waals surface area contributed by atoms with Gasteiger partial charge in [-0.25, -0.2) is 0 Å². The van der Waals surface area contributed by atoms with Crippen molar-refractivity contribution in [2.24, 2.45) is 0 Å². The zero-order chi connectivity index (χ0) is 5.54. The maximum absolute atomic E-state index is 7.00. The van der Waals surface area contributed by atoms with Crippen molar-refractivity contribution in [3.05, 3.63) is 0 Å². The molecule has 0 unspecified atom stereocenters. The van der Waals surface area contributed by atoms with E-state index in [2.05, 4.69) is 0 Å². The van der Waals surface area contributed by atoms with Gasteiger partial charge in [-0.15, -0.1) is 0 Å². The van der Waals surface area contributed by atoms with Gasteiger partial charge < -0.3 is 16.0 Å². The second-order valence-corrected chi connectivity index (χ2v) is 1.32. The average molecular weight is 121 g/mol. The van der Waals surface area contributed by atoms with Crippen LogP contribution in [0.2, 0.25) is 0 Å². The molecule has 1 fully saturated rings. The van der Waals surface area contributed by atoms with Gasteiger partial charge in [0, 0.05) is 20.3 Å². The van der Waals surface area contributed by atoms with Gasteiger partial charge >= 0.3 is 0 Å². The molecule has 1 heterocycles. The zero-order valence-electron chi connectivity index (χ0n) is 5.39. The van der Waals surface area contributed by atoms with Crippen LogP contribution in [0.3, 0.4) is 0 Å². The van der Waals surface area contributed by atoms with Crippen LogP contribution in [-0.2, 0) is 4.74 Å². The SMILES string of the molecule is C1CCOC1.CO.N. The van der Waals surface area contributed by atoms with Gasteiger partial charge in [-0.1, -0.05) is 0 Å². The topological polar surface area (TPSA) is 64.5 Å². The molecule has 8 heavy (non-hydrogen) atoms. The standard InChI is InChI=1S/C4H8O.CH4O.H3N/c1-2-4-5-3-1;1-2;/h1-4H2;2H,1H3;1H3. The first-order valence-electron chi connectivity index (χ1n) is 2.52. The van der Waals surface area contributed by atoms with Gasteiger partial charge in [0.1, 0.15) is 0 Å². The van der Waals surface area contributed by atoms with Crippen LogP contribution >= 0.6 is 0 Å². The van der Waals surface area contributed by atoms with Crippen molar-refractivity contribution in [3.63, 3.8) is 0 Å². The Morgan fingerprint density at radius 3 is 1.62 bits per heavy atom. The second kappa shape index (κ2) is 9.99. The minimum atomic E-state index is 0. The maximum Gasteiger partial charge on any atom is 0.0466 e. The molecule has 1 aliphatic heterocycles. The van der Waals surface area contributed by atoms with Crippen LogP contribution in [0, 0.1) is 0 Å². The minimum Gasteiger partial charge on any atom is -0.400 e. The number of hydrogen-bond donors (Lipinski definition) is 2. The van der Waals surface area contributed by atoms with Crippen molar-refractivity contribution in [2.75, 3.05) is 20.3 Å². The zero-order valence-corrected chi connectivity index (χ0v) is 5.39. The molecule has 0 aromatic rings. The first-order valence-corrected chi connectivity index (χ1v) is 2.52. The molecule has 0 saturated carbocycles. The smallest absolute Gasteiger partial charge is 0.0466 e. The van der Waals surface area contributed by atoms with Crippen molar-refractivity contribution < 1.29 is 9.84 Å². The number of aliphatic hydroxyl groups is 1. The fourth-order valence-corrected chi connectivity index (χ4v) is 0.510. The van der Waals surface area contributed by atoms with Gasteiger partial charge in [0.05, 0.1) is 0 Å². The quantitative estimate of drug-likeness (QED) is 0.492. The lowest BCUT2D eigenvalue weighted by atomic mass is 10.4. The monoisotopic (exact) mass is 121 g/mol. The van der Waals surface area contributed by atoms with Gasteiger partial charge in [0.15, 0.2) is 0 Å². The van der Waals surface area contributed by atoms with E-state index in [4.69, 9.17) is 9.84 Å². The Morgan fingerprint density at radius 1 is 1.12 bits per heavy atom. The summed E-state index contributed by atoms with van der Waals surface area (Å²) < 4.78 is 4.94. The molecule has 1 rings (SSSR count). The summed E-state index contributed by atoms with van der Waals surface area (Å²) in [4.78, 5) is 0. The summed E-state index contributed by atoms with van der Waals surface area (Å²) in [5.41, 5.74) is 0. The van der Waals surface area contributed by atoms with Gasteiger partial charge in [-0.3, -0.25) is 0 Å². The van der Waals surface area contributed by atoms with Crippen LogP contribution < -0.4 is 6.15 Å². The van der Waals surface area contributed by atoms with E-state index < -0.39 is 0 Å². The van der Waals surface area contributed by atoms with Crippen molar-refractivity contribution in [1.29, 1.82) is 0 Å². The molecular formula is C5H15NO2. The van der Waals surface area contributed by atoms with Gasteiger partial charge in [-0.05, 0) is 12.8 Å².